The third kappa shape index (κ3) is 6.32. The number of hydrogen-bond donors (Lipinski definition) is 1. The summed E-state index contributed by atoms with van der Waals surface area (Å²) in [5.74, 6) is -0.683. The molecule has 0 atom stereocenters. The molecule has 0 aliphatic heterocycles. The SMILES string of the molecule is CCOC(=O)c1c(CC(C)C)csc1NC(=O)COC(=O)c1ccc(OC)cc1. The monoisotopic (exact) mass is 419 g/mol. The summed E-state index contributed by atoms with van der Waals surface area (Å²) < 4.78 is 15.2. The van der Waals surface area contributed by atoms with Crippen LogP contribution < -0.4 is 10.1 Å². The number of benzene rings is 1. The molecule has 7 nitrogen and oxygen atoms in total. The summed E-state index contributed by atoms with van der Waals surface area (Å²) >= 11 is 1.25. The zero-order valence-electron chi connectivity index (χ0n) is 16.9. The highest BCUT2D eigenvalue weighted by molar-refractivity contribution is 7.15. The molecule has 0 radical (unpaired) electrons. The molecule has 156 valence electrons. The number of nitrogens with one attached hydrogen (secondary N) is 1. The maximum atomic E-state index is 12.4. The van der Waals surface area contributed by atoms with Crippen molar-refractivity contribution >= 4 is 34.2 Å². The number of amides is 1. The molecule has 0 aliphatic rings. The van der Waals surface area contributed by atoms with E-state index in [2.05, 4.69) is 5.32 Å². The van der Waals surface area contributed by atoms with Gasteiger partial charge >= 0.3 is 11.9 Å². The summed E-state index contributed by atoms with van der Waals surface area (Å²) in [6.45, 7) is 5.59. The fraction of sp³-hybridized carbons (Fsp3) is 0.381. The molecule has 1 heterocycles. The lowest BCUT2D eigenvalue weighted by Gasteiger charge is -2.10. The van der Waals surface area contributed by atoms with Crippen molar-refractivity contribution in [3.63, 3.8) is 0 Å². The predicted octanol–water partition coefficient (Wildman–Crippen LogP) is 3.93. The fourth-order valence-electron chi connectivity index (χ4n) is 2.61. The van der Waals surface area contributed by atoms with Crippen molar-refractivity contribution in [2.45, 2.75) is 27.2 Å². The van der Waals surface area contributed by atoms with E-state index in [0.29, 0.717) is 34.2 Å². The standard InChI is InChI=1S/C21H25NO6S/c1-5-27-21(25)18-15(10-13(2)3)12-29-19(18)22-17(23)11-28-20(24)14-6-8-16(26-4)9-7-14/h6-9,12-13H,5,10-11H2,1-4H3,(H,22,23). The first kappa shape index (κ1) is 22.4. The molecule has 0 aliphatic carbocycles. The lowest BCUT2D eigenvalue weighted by atomic mass is 10.0. The maximum absolute atomic E-state index is 12.4. The summed E-state index contributed by atoms with van der Waals surface area (Å²) in [7, 11) is 1.53. The summed E-state index contributed by atoms with van der Waals surface area (Å²) in [5.41, 5.74) is 1.50. The quantitative estimate of drug-likeness (QED) is 0.620. The lowest BCUT2D eigenvalue weighted by Crippen LogP contribution is -2.22. The Morgan fingerprint density at radius 2 is 1.76 bits per heavy atom. The van der Waals surface area contributed by atoms with Crippen LogP contribution in [0.1, 0.15) is 47.1 Å². The van der Waals surface area contributed by atoms with E-state index >= 15 is 0 Å². The first-order chi connectivity index (χ1) is 13.8. The molecule has 2 aromatic rings. The maximum Gasteiger partial charge on any atom is 0.341 e. The van der Waals surface area contributed by atoms with E-state index in [1.165, 1.54) is 18.4 Å². The van der Waals surface area contributed by atoms with E-state index in [-0.39, 0.29) is 6.61 Å². The van der Waals surface area contributed by atoms with Gasteiger partial charge in [0.1, 0.15) is 10.8 Å². The molecule has 1 amide bonds. The average Bonchev–Trinajstić information content (AvgIpc) is 3.07. The van der Waals surface area contributed by atoms with Crippen molar-refractivity contribution in [3.05, 3.63) is 46.3 Å². The van der Waals surface area contributed by atoms with Gasteiger partial charge in [-0.2, -0.15) is 0 Å². The molecule has 0 spiro atoms. The first-order valence-electron chi connectivity index (χ1n) is 9.24. The van der Waals surface area contributed by atoms with Gasteiger partial charge in [0.2, 0.25) is 0 Å². The molecule has 2 rings (SSSR count). The van der Waals surface area contributed by atoms with Crippen molar-refractivity contribution in [2.75, 3.05) is 25.6 Å². The Balaban J connectivity index is 2.02. The topological polar surface area (TPSA) is 90.9 Å². The number of rotatable bonds is 9. The van der Waals surface area contributed by atoms with E-state index in [1.807, 2.05) is 19.2 Å². The fourth-order valence-corrected chi connectivity index (χ4v) is 3.59. The highest BCUT2D eigenvalue weighted by atomic mass is 32.1. The highest BCUT2D eigenvalue weighted by Crippen LogP contribution is 2.31. The second kappa shape index (κ2) is 10.6. The van der Waals surface area contributed by atoms with Gasteiger partial charge in [-0.1, -0.05) is 13.8 Å². The molecular weight excluding hydrogens is 394 g/mol. The van der Waals surface area contributed by atoms with Gasteiger partial charge in [0.25, 0.3) is 5.91 Å². The summed E-state index contributed by atoms with van der Waals surface area (Å²) in [5, 5.41) is 4.88. The van der Waals surface area contributed by atoms with E-state index in [4.69, 9.17) is 14.2 Å². The van der Waals surface area contributed by atoms with Gasteiger partial charge in [0.15, 0.2) is 6.61 Å². The van der Waals surface area contributed by atoms with E-state index in [9.17, 15) is 14.4 Å². The van der Waals surface area contributed by atoms with Crippen LogP contribution in [-0.2, 0) is 20.7 Å². The van der Waals surface area contributed by atoms with E-state index < -0.39 is 24.5 Å². The molecule has 0 saturated carbocycles. The number of ether oxygens (including phenoxy) is 3. The Labute approximate surface area is 174 Å². The zero-order chi connectivity index (χ0) is 21.4. The molecule has 1 N–H and O–H groups in total. The summed E-state index contributed by atoms with van der Waals surface area (Å²) in [6.07, 6.45) is 0.687. The van der Waals surface area contributed by atoms with Crippen LogP contribution in [0.15, 0.2) is 29.6 Å². The molecule has 0 saturated heterocycles. The van der Waals surface area contributed by atoms with E-state index in [0.717, 1.165) is 5.56 Å². The second-order valence-electron chi connectivity index (χ2n) is 6.64. The van der Waals surface area contributed by atoms with Gasteiger partial charge < -0.3 is 19.5 Å². The minimum absolute atomic E-state index is 0.239. The molecular formula is C21H25NO6S. The molecule has 29 heavy (non-hydrogen) atoms. The van der Waals surface area contributed by atoms with Crippen LogP contribution in [-0.4, -0.2) is 38.2 Å². The predicted molar refractivity (Wildman–Crippen MR) is 111 cm³/mol. The Morgan fingerprint density at radius 1 is 1.07 bits per heavy atom. The largest absolute Gasteiger partial charge is 0.497 e. The Hall–Kier alpha value is -2.87. The van der Waals surface area contributed by atoms with Crippen molar-refractivity contribution in [2.24, 2.45) is 5.92 Å². The molecule has 1 aromatic carbocycles. The van der Waals surface area contributed by atoms with Gasteiger partial charge in [-0.05, 0) is 54.5 Å². The summed E-state index contributed by atoms with van der Waals surface area (Å²) in [4.78, 5) is 36.7. The second-order valence-corrected chi connectivity index (χ2v) is 7.52. The smallest absolute Gasteiger partial charge is 0.341 e. The van der Waals surface area contributed by atoms with Gasteiger partial charge in [0, 0.05) is 0 Å². The van der Waals surface area contributed by atoms with Crippen molar-refractivity contribution in [3.8, 4) is 5.75 Å². The lowest BCUT2D eigenvalue weighted by molar-refractivity contribution is -0.119. The molecule has 0 bridgehead atoms. The number of carbonyl (C=O) groups excluding carboxylic acids is 3. The molecule has 0 fully saturated rings. The molecule has 1 aromatic heterocycles. The third-order valence-electron chi connectivity index (χ3n) is 3.89. The van der Waals surface area contributed by atoms with Crippen LogP contribution in [0.4, 0.5) is 5.00 Å². The zero-order valence-corrected chi connectivity index (χ0v) is 17.8. The minimum atomic E-state index is -0.625. The van der Waals surface area contributed by atoms with Crippen LogP contribution in [0, 0.1) is 5.92 Å². The Morgan fingerprint density at radius 3 is 2.34 bits per heavy atom. The van der Waals surface area contributed by atoms with Gasteiger partial charge in [-0.15, -0.1) is 11.3 Å². The van der Waals surface area contributed by atoms with Crippen molar-refractivity contribution in [1.82, 2.24) is 0 Å². The van der Waals surface area contributed by atoms with Gasteiger partial charge in [-0.3, -0.25) is 4.79 Å². The number of anilines is 1. The number of methoxy groups -OCH3 is 1. The van der Waals surface area contributed by atoms with Gasteiger partial charge in [-0.25, -0.2) is 9.59 Å². The highest BCUT2D eigenvalue weighted by Gasteiger charge is 2.22. The normalized spacial score (nSPS) is 10.5. The molecule has 0 unspecified atom stereocenters. The van der Waals surface area contributed by atoms with Crippen LogP contribution in [0.25, 0.3) is 0 Å². The number of carbonyl (C=O) groups is 3. The van der Waals surface area contributed by atoms with Crippen LogP contribution in [0.2, 0.25) is 0 Å². The molecule has 8 heteroatoms. The van der Waals surface area contributed by atoms with Crippen LogP contribution in [0.3, 0.4) is 0 Å². The Bertz CT molecular complexity index is 857. The first-order valence-corrected chi connectivity index (χ1v) is 10.1. The number of thiophene rings is 1. The third-order valence-corrected chi connectivity index (χ3v) is 4.83. The van der Waals surface area contributed by atoms with Crippen LogP contribution >= 0.6 is 11.3 Å². The van der Waals surface area contributed by atoms with E-state index in [1.54, 1.807) is 31.2 Å². The van der Waals surface area contributed by atoms with Crippen molar-refractivity contribution < 1.29 is 28.6 Å². The van der Waals surface area contributed by atoms with Crippen LogP contribution in [0.5, 0.6) is 5.75 Å². The van der Waals surface area contributed by atoms with Gasteiger partial charge in [0.05, 0.1) is 24.8 Å². The van der Waals surface area contributed by atoms with Crippen molar-refractivity contribution in [1.29, 1.82) is 0 Å². The average molecular weight is 419 g/mol. The Kier molecular flexibility index (Phi) is 8.21. The minimum Gasteiger partial charge on any atom is -0.497 e. The number of hydrogen-bond acceptors (Lipinski definition) is 7. The summed E-state index contributed by atoms with van der Waals surface area (Å²) in [6, 6.07) is 6.36. The number of esters is 2.